The number of halogens is 2. The van der Waals surface area contributed by atoms with Crippen LogP contribution in [0.15, 0.2) is 18.2 Å². The summed E-state index contributed by atoms with van der Waals surface area (Å²) in [7, 11) is 0. The van der Waals surface area contributed by atoms with Crippen LogP contribution in [0.2, 0.25) is 0 Å². The lowest BCUT2D eigenvalue weighted by molar-refractivity contribution is -0.154. The maximum atomic E-state index is 12.8. The highest BCUT2D eigenvalue weighted by Gasteiger charge is 2.66. The van der Waals surface area contributed by atoms with Crippen molar-refractivity contribution in [3.63, 3.8) is 0 Å². The van der Waals surface area contributed by atoms with Gasteiger partial charge in [-0.05, 0) is 55.4 Å². The van der Waals surface area contributed by atoms with Crippen LogP contribution in [-0.4, -0.2) is 51.4 Å². The molecular formula is C21H22Br2N2O5. The number of rotatable bonds is 5. The average Bonchev–Trinajstić information content (AvgIpc) is 3.26. The minimum absolute atomic E-state index is 0.0883. The van der Waals surface area contributed by atoms with Crippen molar-refractivity contribution in [2.75, 3.05) is 18.5 Å². The average molecular weight is 542 g/mol. The predicted octanol–water partition coefficient (Wildman–Crippen LogP) is 2.56. The van der Waals surface area contributed by atoms with Gasteiger partial charge in [-0.3, -0.25) is 24.1 Å². The van der Waals surface area contributed by atoms with Gasteiger partial charge in [0.15, 0.2) is 6.61 Å². The molecule has 2 aliphatic carbocycles. The topological polar surface area (TPSA) is 92.8 Å². The van der Waals surface area contributed by atoms with Gasteiger partial charge in [-0.25, -0.2) is 0 Å². The second-order valence-corrected chi connectivity index (χ2v) is 10.5. The number of benzene rings is 1. The summed E-state index contributed by atoms with van der Waals surface area (Å²) in [5.41, 5.74) is 2.63. The maximum Gasteiger partial charge on any atom is 0.326 e. The van der Waals surface area contributed by atoms with E-state index < -0.39 is 25.0 Å². The number of alkyl halides is 2. The Labute approximate surface area is 191 Å². The van der Waals surface area contributed by atoms with Crippen LogP contribution >= 0.6 is 31.9 Å². The highest BCUT2D eigenvalue weighted by atomic mass is 79.9. The SMILES string of the molecule is Cc1cc(C)cc(NC(=O)COC(=O)CN2C(=O)[C@@H]3[C@H]4C[C@@H]([C@@H](Br)[C@H]4Br)[C@H]3C2=O)c1. The number of likely N-dealkylation sites (tertiary alicyclic amines) is 1. The number of aryl methyl sites for hydroxylation is 2. The molecule has 2 saturated carbocycles. The van der Waals surface area contributed by atoms with Crippen molar-refractivity contribution in [1.82, 2.24) is 4.90 Å². The van der Waals surface area contributed by atoms with Crippen molar-refractivity contribution in [1.29, 1.82) is 0 Å². The Hall–Kier alpha value is -1.74. The summed E-state index contributed by atoms with van der Waals surface area (Å²) < 4.78 is 5.01. The molecule has 3 aliphatic rings. The summed E-state index contributed by atoms with van der Waals surface area (Å²) in [6.07, 6.45) is 0.829. The Bertz CT molecular complexity index is 884. The van der Waals surface area contributed by atoms with E-state index in [4.69, 9.17) is 4.74 Å². The number of imide groups is 1. The zero-order valence-corrected chi connectivity index (χ0v) is 19.7. The molecule has 9 heteroatoms. The molecule has 1 heterocycles. The third-order valence-corrected chi connectivity index (χ3v) is 9.44. The van der Waals surface area contributed by atoms with Crippen LogP contribution in [0.4, 0.5) is 5.69 Å². The molecule has 4 rings (SSSR count). The van der Waals surface area contributed by atoms with Crippen LogP contribution in [0.5, 0.6) is 0 Å². The molecule has 0 spiro atoms. The zero-order chi connectivity index (χ0) is 21.7. The van der Waals surface area contributed by atoms with Gasteiger partial charge in [-0.2, -0.15) is 0 Å². The van der Waals surface area contributed by atoms with Crippen LogP contribution < -0.4 is 5.32 Å². The Balaban J connectivity index is 1.32. The van der Waals surface area contributed by atoms with Crippen molar-refractivity contribution in [2.45, 2.75) is 29.9 Å². The largest absolute Gasteiger partial charge is 0.454 e. The standard InChI is InChI=1S/C21H22Br2N2O5/c1-9-3-10(2)5-11(4-9)24-14(26)8-30-15(27)7-25-20(28)16-12-6-13(17(16)21(25)29)19(23)18(12)22/h3-5,12-13,16-19H,6-8H2,1-2H3,(H,24,26)/t12-,13-,16-,17-,18-,19+/m1/s1. The number of carbonyl (C=O) groups is 4. The molecule has 7 nitrogen and oxygen atoms in total. The van der Waals surface area contributed by atoms with E-state index in [2.05, 4.69) is 37.2 Å². The number of amides is 3. The van der Waals surface area contributed by atoms with Crippen LogP contribution in [0.3, 0.4) is 0 Å². The van der Waals surface area contributed by atoms with Crippen LogP contribution in [0, 0.1) is 37.5 Å². The van der Waals surface area contributed by atoms with Gasteiger partial charge in [0.2, 0.25) is 11.8 Å². The normalized spacial score (nSPS) is 31.8. The quantitative estimate of drug-likeness (QED) is 0.351. The maximum absolute atomic E-state index is 12.8. The lowest BCUT2D eigenvalue weighted by Crippen LogP contribution is -2.38. The van der Waals surface area contributed by atoms with Crippen LogP contribution in [-0.2, 0) is 23.9 Å². The molecule has 1 N–H and O–H groups in total. The first kappa shape index (κ1) is 21.5. The van der Waals surface area contributed by atoms with E-state index in [9.17, 15) is 19.2 Å². The Morgan fingerprint density at radius 3 is 2.10 bits per heavy atom. The van der Waals surface area contributed by atoms with Gasteiger partial charge in [0, 0.05) is 15.3 Å². The number of fused-ring (bicyclic) bond motifs is 5. The van der Waals surface area contributed by atoms with Gasteiger partial charge in [0.25, 0.3) is 5.91 Å². The Kier molecular flexibility index (Phi) is 5.78. The number of hydrogen-bond acceptors (Lipinski definition) is 5. The number of carbonyl (C=O) groups excluding carboxylic acids is 4. The lowest BCUT2D eigenvalue weighted by Gasteiger charge is -2.28. The summed E-state index contributed by atoms with van der Waals surface area (Å²) >= 11 is 7.25. The Morgan fingerprint density at radius 1 is 1.03 bits per heavy atom. The van der Waals surface area contributed by atoms with Gasteiger partial charge < -0.3 is 10.1 Å². The molecule has 0 radical (unpaired) electrons. The molecule has 1 aromatic rings. The number of anilines is 1. The molecule has 3 fully saturated rings. The van der Waals surface area contributed by atoms with E-state index >= 15 is 0 Å². The van der Waals surface area contributed by atoms with E-state index in [-0.39, 0.29) is 45.1 Å². The summed E-state index contributed by atoms with van der Waals surface area (Å²) in [6.45, 7) is 2.90. The summed E-state index contributed by atoms with van der Waals surface area (Å²) in [5.74, 6) is -2.44. The van der Waals surface area contributed by atoms with Gasteiger partial charge >= 0.3 is 5.97 Å². The van der Waals surface area contributed by atoms with Crippen molar-refractivity contribution in [3.05, 3.63) is 29.3 Å². The highest BCUT2D eigenvalue weighted by molar-refractivity contribution is 9.12. The summed E-state index contributed by atoms with van der Waals surface area (Å²) in [5, 5.41) is 2.68. The number of hydrogen-bond donors (Lipinski definition) is 1. The zero-order valence-electron chi connectivity index (χ0n) is 16.6. The van der Waals surface area contributed by atoms with Gasteiger partial charge in [-0.15, -0.1) is 0 Å². The first-order valence-corrected chi connectivity index (χ1v) is 11.7. The molecule has 1 aliphatic heterocycles. The molecular weight excluding hydrogens is 520 g/mol. The second kappa shape index (κ2) is 8.07. The first-order valence-electron chi connectivity index (χ1n) is 9.84. The lowest BCUT2D eigenvalue weighted by atomic mass is 9.81. The van der Waals surface area contributed by atoms with Gasteiger partial charge in [0.05, 0.1) is 11.8 Å². The summed E-state index contributed by atoms with van der Waals surface area (Å²) in [4.78, 5) is 51.2. The number of nitrogens with one attached hydrogen (secondary N) is 1. The predicted molar refractivity (Wildman–Crippen MR) is 116 cm³/mol. The van der Waals surface area contributed by atoms with Crippen molar-refractivity contribution in [2.24, 2.45) is 23.7 Å². The molecule has 1 saturated heterocycles. The molecule has 160 valence electrons. The van der Waals surface area contributed by atoms with E-state index in [1.54, 1.807) is 0 Å². The monoisotopic (exact) mass is 540 g/mol. The third kappa shape index (κ3) is 3.70. The number of esters is 1. The minimum atomic E-state index is -0.773. The fourth-order valence-corrected chi connectivity index (χ4v) is 7.00. The second-order valence-electron chi connectivity index (χ2n) is 8.35. The molecule has 0 aromatic heterocycles. The fourth-order valence-electron chi connectivity index (χ4n) is 5.13. The molecule has 3 amide bonds. The van der Waals surface area contributed by atoms with E-state index in [0.717, 1.165) is 22.4 Å². The molecule has 2 bridgehead atoms. The molecule has 6 atom stereocenters. The summed E-state index contributed by atoms with van der Waals surface area (Å²) in [6, 6.07) is 5.61. The van der Waals surface area contributed by atoms with Gasteiger partial charge in [-0.1, -0.05) is 37.9 Å². The minimum Gasteiger partial charge on any atom is -0.454 e. The number of ether oxygens (including phenoxy) is 1. The van der Waals surface area contributed by atoms with Gasteiger partial charge in [0.1, 0.15) is 6.54 Å². The van der Waals surface area contributed by atoms with E-state index in [1.165, 1.54) is 0 Å². The van der Waals surface area contributed by atoms with Crippen molar-refractivity contribution in [3.8, 4) is 0 Å². The molecule has 30 heavy (non-hydrogen) atoms. The van der Waals surface area contributed by atoms with E-state index in [0.29, 0.717) is 5.69 Å². The third-order valence-electron chi connectivity index (χ3n) is 6.24. The Morgan fingerprint density at radius 2 is 1.57 bits per heavy atom. The van der Waals surface area contributed by atoms with Crippen LogP contribution in [0.25, 0.3) is 0 Å². The first-order chi connectivity index (χ1) is 14.2. The number of nitrogens with zero attached hydrogens (tertiary/aromatic N) is 1. The van der Waals surface area contributed by atoms with E-state index in [1.807, 2.05) is 32.0 Å². The molecule has 0 unspecified atom stereocenters. The smallest absolute Gasteiger partial charge is 0.326 e. The molecule has 1 aromatic carbocycles. The fraction of sp³-hybridized carbons (Fsp3) is 0.524. The van der Waals surface area contributed by atoms with Crippen molar-refractivity contribution < 1.29 is 23.9 Å². The van der Waals surface area contributed by atoms with Crippen LogP contribution in [0.1, 0.15) is 17.5 Å². The highest BCUT2D eigenvalue weighted by Crippen LogP contribution is 2.60. The van der Waals surface area contributed by atoms with Crippen molar-refractivity contribution >= 4 is 61.2 Å².